The summed E-state index contributed by atoms with van der Waals surface area (Å²) in [6.45, 7) is 3.43. The molecule has 1 aromatic rings. The van der Waals surface area contributed by atoms with E-state index in [0.29, 0.717) is 24.5 Å². The van der Waals surface area contributed by atoms with E-state index in [1.807, 2.05) is 0 Å². The first-order valence-corrected chi connectivity index (χ1v) is 10.1. The summed E-state index contributed by atoms with van der Waals surface area (Å²) >= 11 is 0. The van der Waals surface area contributed by atoms with E-state index in [4.69, 9.17) is 0 Å². The van der Waals surface area contributed by atoms with Crippen LogP contribution in [0.3, 0.4) is 0 Å². The molecule has 0 unspecified atom stereocenters. The highest BCUT2D eigenvalue weighted by Crippen LogP contribution is 2.21. The predicted molar refractivity (Wildman–Crippen MR) is 99.1 cm³/mol. The molecule has 2 aliphatic heterocycles. The maximum Gasteiger partial charge on any atom is 0.243 e. The van der Waals surface area contributed by atoms with Crippen molar-refractivity contribution in [3.8, 4) is 0 Å². The molecule has 0 atom stereocenters. The summed E-state index contributed by atoms with van der Waals surface area (Å²) in [5.41, 5.74) is 0.914. The van der Waals surface area contributed by atoms with Crippen molar-refractivity contribution in [2.75, 3.05) is 26.2 Å². The zero-order valence-corrected chi connectivity index (χ0v) is 15.9. The summed E-state index contributed by atoms with van der Waals surface area (Å²) in [6.07, 6.45) is 3.61. The van der Waals surface area contributed by atoms with Crippen LogP contribution in [0.1, 0.15) is 31.2 Å². The number of carbonyl (C=O) groups is 1. The van der Waals surface area contributed by atoms with Crippen molar-refractivity contribution in [3.63, 3.8) is 0 Å². The fraction of sp³-hybridized carbons (Fsp3) is 0.588. The van der Waals surface area contributed by atoms with Crippen LogP contribution in [-0.4, -0.2) is 44.8 Å². The average molecular weight is 388 g/mol. The standard InChI is InChI=1S/C17H25N3O3S.ClH/c21-17(15-7-9-18-10-8-15)19-13-14-3-5-16(6-4-14)24(22,23)20-11-1-2-12-20;/h3-6,15,18H,1-2,7-13H2,(H,19,21);1H. The Kier molecular flexibility index (Phi) is 7.25. The third kappa shape index (κ3) is 4.94. The molecule has 8 heteroatoms. The molecule has 2 N–H and O–H groups in total. The van der Waals surface area contributed by atoms with Crippen molar-refractivity contribution < 1.29 is 13.2 Å². The fourth-order valence-corrected chi connectivity index (χ4v) is 4.79. The van der Waals surface area contributed by atoms with Crippen LogP contribution in [0.25, 0.3) is 0 Å². The number of amides is 1. The molecule has 2 fully saturated rings. The largest absolute Gasteiger partial charge is 0.352 e. The van der Waals surface area contributed by atoms with Crippen LogP contribution in [-0.2, 0) is 21.4 Å². The Morgan fingerprint density at radius 2 is 1.72 bits per heavy atom. The Morgan fingerprint density at radius 1 is 1.12 bits per heavy atom. The SMILES string of the molecule is Cl.O=C(NCc1ccc(S(=O)(=O)N2CCCC2)cc1)C1CCNCC1. The number of hydrogen-bond acceptors (Lipinski definition) is 4. The molecule has 6 nitrogen and oxygen atoms in total. The van der Waals surface area contributed by atoms with Gasteiger partial charge in [0.05, 0.1) is 4.90 Å². The van der Waals surface area contributed by atoms with E-state index >= 15 is 0 Å². The van der Waals surface area contributed by atoms with Crippen molar-refractivity contribution in [3.05, 3.63) is 29.8 Å². The van der Waals surface area contributed by atoms with Crippen molar-refractivity contribution >= 4 is 28.3 Å². The van der Waals surface area contributed by atoms with Gasteiger partial charge < -0.3 is 10.6 Å². The molecule has 1 amide bonds. The first-order valence-electron chi connectivity index (χ1n) is 8.65. The third-order valence-corrected chi connectivity index (χ3v) is 6.72. The summed E-state index contributed by atoms with van der Waals surface area (Å²) in [4.78, 5) is 12.5. The van der Waals surface area contributed by atoms with Crippen LogP contribution >= 0.6 is 12.4 Å². The quantitative estimate of drug-likeness (QED) is 0.802. The molecule has 0 bridgehead atoms. The Morgan fingerprint density at radius 3 is 2.32 bits per heavy atom. The Balaban J connectivity index is 0.00000225. The Labute approximate surface area is 155 Å². The zero-order valence-electron chi connectivity index (χ0n) is 14.2. The highest BCUT2D eigenvalue weighted by molar-refractivity contribution is 7.89. The van der Waals surface area contributed by atoms with E-state index in [9.17, 15) is 13.2 Å². The van der Waals surface area contributed by atoms with Crippen molar-refractivity contribution in [2.24, 2.45) is 5.92 Å². The van der Waals surface area contributed by atoms with Gasteiger partial charge in [0.15, 0.2) is 0 Å². The van der Waals surface area contributed by atoms with Crippen LogP contribution in [0.15, 0.2) is 29.2 Å². The molecule has 140 valence electrons. The van der Waals surface area contributed by atoms with Crippen LogP contribution in [0.5, 0.6) is 0 Å². The Bertz CT molecular complexity index is 667. The minimum atomic E-state index is -3.36. The lowest BCUT2D eigenvalue weighted by Crippen LogP contribution is -2.37. The normalized spacial score (nSPS) is 19.4. The number of piperidine rings is 1. The molecule has 1 aromatic carbocycles. The van der Waals surface area contributed by atoms with Crippen molar-refractivity contribution in [1.82, 2.24) is 14.9 Å². The van der Waals surface area contributed by atoms with Gasteiger partial charge in [0, 0.05) is 25.6 Å². The van der Waals surface area contributed by atoms with Gasteiger partial charge in [-0.3, -0.25) is 4.79 Å². The minimum absolute atomic E-state index is 0. The van der Waals surface area contributed by atoms with Gasteiger partial charge in [-0.25, -0.2) is 8.42 Å². The van der Waals surface area contributed by atoms with Crippen LogP contribution in [0.4, 0.5) is 0 Å². The molecule has 0 radical (unpaired) electrons. The van der Waals surface area contributed by atoms with Crippen LogP contribution in [0, 0.1) is 5.92 Å². The number of rotatable bonds is 5. The van der Waals surface area contributed by atoms with Crippen molar-refractivity contribution in [1.29, 1.82) is 0 Å². The minimum Gasteiger partial charge on any atom is -0.352 e. The summed E-state index contributed by atoms with van der Waals surface area (Å²) < 4.78 is 26.5. The van der Waals surface area contributed by atoms with E-state index < -0.39 is 10.0 Å². The van der Waals surface area contributed by atoms with Gasteiger partial charge >= 0.3 is 0 Å². The van der Waals surface area contributed by atoms with Gasteiger partial charge in [0.1, 0.15) is 0 Å². The predicted octanol–water partition coefficient (Wildman–Crippen LogP) is 1.51. The summed E-state index contributed by atoms with van der Waals surface area (Å²) in [5.74, 6) is 0.173. The van der Waals surface area contributed by atoms with Crippen molar-refractivity contribution in [2.45, 2.75) is 37.1 Å². The molecule has 0 spiro atoms. The molecule has 2 saturated heterocycles. The van der Waals surface area contributed by atoms with Gasteiger partial charge in [-0.15, -0.1) is 12.4 Å². The number of sulfonamides is 1. The van der Waals surface area contributed by atoms with Gasteiger partial charge in [-0.1, -0.05) is 12.1 Å². The number of hydrogen-bond donors (Lipinski definition) is 2. The molecule has 2 aliphatic rings. The monoisotopic (exact) mass is 387 g/mol. The summed E-state index contributed by atoms with van der Waals surface area (Å²) in [7, 11) is -3.36. The number of carbonyl (C=O) groups excluding carboxylic acids is 1. The topological polar surface area (TPSA) is 78.5 Å². The second-order valence-corrected chi connectivity index (χ2v) is 8.44. The van der Waals surface area contributed by atoms with Gasteiger partial charge in [-0.05, 0) is 56.5 Å². The molecule has 0 saturated carbocycles. The molecule has 2 heterocycles. The summed E-state index contributed by atoms with van der Waals surface area (Å²) in [6, 6.07) is 6.84. The lowest BCUT2D eigenvalue weighted by atomic mass is 9.97. The fourth-order valence-electron chi connectivity index (χ4n) is 3.27. The first kappa shape index (κ1) is 20.2. The lowest BCUT2D eigenvalue weighted by molar-refractivity contribution is -0.125. The second-order valence-electron chi connectivity index (χ2n) is 6.50. The second kappa shape index (κ2) is 8.98. The van der Waals surface area contributed by atoms with Crippen LogP contribution in [0.2, 0.25) is 0 Å². The number of benzene rings is 1. The molecule has 0 aromatic heterocycles. The third-order valence-electron chi connectivity index (χ3n) is 4.80. The molecule has 0 aliphatic carbocycles. The van der Waals surface area contributed by atoms with E-state index in [1.54, 1.807) is 28.6 Å². The number of nitrogens with one attached hydrogen (secondary N) is 2. The van der Waals surface area contributed by atoms with E-state index in [0.717, 1.165) is 44.3 Å². The molecular weight excluding hydrogens is 362 g/mol. The molecule has 25 heavy (non-hydrogen) atoms. The van der Waals surface area contributed by atoms with Gasteiger partial charge in [-0.2, -0.15) is 4.31 Å². The number of halogens is 1. The van der Waals surface area contributed by atoms with E-state index in [-0.39, 0.29) is 24.2 Å². The maximum absolute atomic E-state index is 12.5. The number of nitrogens with zero attached hydrogens (tertiary/aromatic N) is 1. The lowest BCUT2D eigenvalue weighted by Gasteiger charge is -2.21. The Hall–Kier alpha value is -1.15. The average Bonchev–Trinajstić information content (AvgIpc) is 3.16. The summed E-state index contributed by atoms with van der Waals surface area (Å²) in [5, 5.41) is 6.20. The van der Waals surface area contributed by atoms with E-state index in [1.165, 1.54) is 0 Å². The molecule has 3 rings (SSSR count). The van der Waals surface area contributed by atoms with Crippen LogP contribution < -0.4 is 10.6 Å². The van der Waals surface area contributed by atoms with Gasteiger partial charge in [0.25, 0.3) is 0 Å². The van der Waals surface area contributed by atoms with Gasteiger partial charge in [0.2, 0.25) is 15.9 Å². The van der Waals surface area contributed by atoms with E-state index in [2.05, 4.69) is 10.6 Å². The smallest absolute Gasteiger partial charge is 0.243 e. The molecular formula is C17H26ClN3O3S. The zero-order chi connectivity index (χ0) is 17.0. The highest BCUT2D eigenvalue weighted by atomic mass is 35.5. The highest BCUT2D eigenvalue weighted by Gasteiger charge is 2.27. The maximum atomic E-state index is 12.5. The first-order chi connectivity index (χ1) is 11.6.